The Morgan fingerprint density at radius 2 is 2.00 bits per heavy atom. The molecular formula is C11H21BrO2. The number of halogens is 1. The van der Waals surface area contributed by atoms with Crippen LogP contribution in [-0.4, -0.2) is 16.9 Å². The summed E-state index contributed by atoms with van der Waals surface area (Å²) in [5.74, 6) is 0.335. The molecule has 0 aromatic carbocycles. The second kappa shape index (κ2) is 6.44. The van der Waals surface area contributed by atoms with Gasteiger partial charge in [-0.3, -0.25) is 4.79 Å². The summed E-state index contributed by atoms with van der Waals surface area (Å²) in [6.45, 7) is 7.78. The van der Waals surface area contributed by atoms with Crippen molar-refractivity contribution >= 4 is 21.9 Å². The Bertz CT molecular complexity index is 173. The van der Waals surface area contributed by atoms with Crippen molar-refractivity contribution in [1.29, 1.82) is 0 Å². The van der Waals surface area contributed by atoms with E-state index in [0.29, 0.717) is 12.3 Å². The van der Waals surface area contributed by atoms with Crippen LogP contribution in [0.2, 0.25) is 0 Å². The smallest absolute Gasteiger partial charge is 0.306 e. The fourth-order valence-electron chi connectivity index (χ4n) is 1.20. The lowest BCUT2D eigenvalue weighted by Gasteiger charge is -2.20. The summed E-state index contributed by atoms with van der Waals surface area (Å²) in [5.41, 5.74) is -0.355. The Hall–Kier alpha value is -0.0500. The topological polar surface area (TPSA) is 26.3 Å². The Kier molecular flexibility index (Phi) is 6.41. The minimum Gasteiger partial charge on any atom is -0.460 e. The van der Waals surface area contributed by atoms with E-state index in [-0.39, 0.29) is 11.6 Å². The van der Waals surface area contributed by atoms with Gasteiger partial charge in [0, 0.05) is 11.8 Å². The highest BCUT2D eigenvalue weighted by molar-refractivity contribution is 9.09. The van der Waals surface area contributed by atoms with Crippen LogP contribution >= 0.6 is 15.9 Å². The second-order valence-corrected chi connectivity index (χ2v) is 5.52. The molecule has 0 amide bonds. The van der Waals surface area contributed by atoms with Crippen molar-refractivity contribution in [3.8, 4) is 0 Å². The second-order valence-electron chi connectivity index (χ2n) is 4.73. The predicted molar refractivity (Wildman–Crippen MR) is 62.7 cm³/mol. The minimum atomic E-state index is -0.355. The third-order valence-corrected chi connectivity index (χ3v) is 2.33. The van der Waals surface area contributed by atoms with Gasteiger partial charge in [0.05, 0.1) is 0 Å². The highest BCUT2D eigenvalue weighted by Gasteiger charge is 2.17. The average Bonchev–Trinajstić information content (AvgIpc) is 1.96. The third-order valence-electron chi connectivity index (χ3n) is 1.77. The molecule has 0 aliphatic heterocycles. The van der Waals surface area contributed by atoms with E-state index in [1.165, 1.54) is 0 Å². The molecular weight excluding hydrogens is 244 g/mol. The van der Waals surface area contributed by atoms with E-state index >= 15 is 0 Å². The largest absolute Gasteiger partial charge is 0.460 e. The molecule has 0 N–H and O–H groups in total. The first-order valence-electron chi connectivity index (χ1n) is 5.13. The van der Waals surface area contributed by atoms with Crippen molar-refractivity contribution in [2.24, 2.45) is 5.92 Å². The monoisotopic (exact) mass is 264 g/mol. The molecule has 0 spiro atoms. The zero-order valence-corrected chi connectivity index (χ0v) is 11.2. The highest BCUT2D eigenvalue weighted by atomic mass is 79.9. The molecule has 0 saturated heterocycles. The third kappa shape index (κ3) is 8.54. The van der Waals surface area contributed by atoms with E-state index in [2.05, 4.69) is 22.9 Å². The summed E-state index contributed by atoms with van der Waals surface area (Å²) in [6, 6.07) is 0. The summed E-state index contributed by atoms with van der Waals surface area (Å²) in [7, 11) is 0. The minimum absolute atomic E-state index is 0.0837. The van der Waals surface area contributed by atoms with Gasteiger partial charge in [-0.25, -0.2) is 0 Å². The van der Waals surface area contributed by atoms with Crippen molar-refractivity contribution in [1.82, 2.24) is 0 Å². The molecule has 3 heteroatoms. The van der Waals surface area contributed by atoms with Gasteiger partial charge in [-0.15, -0.1) is 0 Å². The standard InChI is InChI=1S/C11H21BrO2/c1-9(6-5-7-12)8-10(13)14-11(2,3)4/h9H,5-8H2,1-4H3. The first kappa shape index (κ1) is 13.9. The van der Waals surface area contributed by atoms with Crippen LogP contribution in [0.25, 0.3) is 0 Å². The summed E-state index contributed by atoms with van der Waals surface area (Å²) < 4.78 is 5.24. The van der Waals surface area contributed by atoms with E-state index in [0.717, 1.165) is 18.2 Å². The Balaban J connectivity index is 3.71. The summed E-state index contributed by atoms with van der Waals surface area (Å²) in [4.78, 5) is 11.4. The van der Waals surface area contributed by atoms with Gasteiger partial charge in [-0.05, 0) is 39.5 Å². The maximum atomic E-state index is 11.4. The number of esters is 1. The van der Waals surface area contributed by atoms with Gasteiger partial charge in [-0.1, -0.05) is 22.9 Å². The van der Waals surface area contributed by atoms with Crippen molar-refractivity contribution in [2.45, 2.75) is 52.6 Å². The quantitative estimate of drug-likeness (QED) is 0.561. The van der Waals surface area contributed by atoms with Crippen LogP contribution in [0.5, 0.6) is 0 Å². The zero-order chi connectivity index (χ0) is 11.2. The Morgan fingerprint density at radius 3 is 2.43 bits per heavy atom. The molecule has 0 aromatic heterocycles. The van der Waals surface area contributed by atoms with Gasteiger partial charge >= 0.3 is 5.97 Å². The molecule has 0 fully saturated rings. The molecule has 0 saturated carbocycles. The molecule has 84 valence electrons. The van der Waals surface area contributed by atoms with Gasteiger partial charge in [0.15, 0.2) is 0 Å². The van der Waals surface area contributed by atoms with Crippen LogP contribution in [0.1, 0.15) is 47.0 Å². The maximum absolute atomic E-state index is 11.4. The predicted octanol–water partition coefficient (Wildman–Crippen LogP) is 3.53. The van der Waals surface area contributed by atoms with E-state index in [1.807, 2.05) is 20.8 Å². The number of hydrogen-bond acceptors (Lipinski definition) is 2. The summed E-state index contributed by atoms with van der Waals surface area (Å²) in [5, 5.41) is 1.01. The van der Waals surface area contributed by atoms with Crippen LogP contribution in [0, 0.1) is 5.92 Å². The maximum Gasteiger partial charge on any atom is 0.306 e. The highest BCUT2D eigenvalue weighted by Crippen LogP contribution is 2.15. The molecule has 0 radical (unpaired) electrons. The number of carbonyl (C=O) groups is 1. The number of rotatable bonds is 5. The van der Waals surface area contributed by atoms with E-state index < -0.39 is 0 Å². The number of alkyl halides is 1. The van der Waals surface area contributed by atoms with Crippen LogP contribution < -0.4 is 0 Å². The van der Waals surface area contributed by atoms with E-state index in [9.17, 15) is 4.79 Å². The van der Waals surface area contributed by atoms with Crippen LogP contribution in [0.4, 0.5) is 0 Å². The van der Waals surface area contributed by atoms with Gasteiger partial charge < -0.3 is 4.74 Å². The fourth-order valence-corrected chi connectivity index (χ4v) is 1.52. The van der Waals surface area contributed by atoms with Crippen LogP contribution in [0.3, 0.4) is 0 Å². The lowest BCUT2D eigenvalue weighted by Crippen LogP contribution is -2.24. The molecule has 1 unspecified atom stereocenters. The van der Waals surface area contributed by atoms with Crippen LogP contribution in [-0.2, 0) is 9.53 Å². The molecule has 2 nitrogen and oxygen atoms in total. The van der Waals surface area contributed by atoms with Gasteiger partial charge in [-0.2, -0.15) is 0 Å². The number of hydrogen-bond donors (Lipinski definition) is 0. The SMILES string of the molecule is CC(CCCBr)CC(=O)OC(C)(C)C. The van der Waals surface area contributed by atoms with Crippen molar-refractivity contribution in [2.75, 3.05) is 5.33 Å². The first-order chi connectivity index (χ1) is 6.35. The molecule has 0 aliphatic rings. The van der Waals surface area contributed by atoms with Crippen molar-refractivity contribution in [3.05, 3.63) is 0 Å². The average molecular weight is 265 g/mol. The normalized spacial score (nSPS) is 13.8. The number of carbonyl (C=O) groups excluding carboxylic acids is 1. The van der Waals surface area contributed by atoms with Gasteiger partial charge in [0.1, 0.15) is 5.60 Å². The molecule has 14 heavy (non-hydrogen) atoms. The molecule has 0 rings (SSSR count). The molecule has 0 bridgehead atoms. The van der Waals surface area contributed by atoms with Gasteiger partial charge in [0.25, 0.3) is 0 Å². The van der Waals surface area contributed by atoms with Gasteiger partial charge in [0.2, 0.25) is 0 Å². The van der Waals surface area contributed by atoms with E-state index in [1.54, 1.807) is 0 Å². The lowest BCUT2D eigenvalue weighted by molar-refractivity contribution is -0.155. The van der Waals surface area contributed by atoms with Crippen molar-refractivity contribution < 1.29 is 9.53 Å². The Morgan fingerprint density at radius 1 is 1.43 bits per heavy atom. The van der Waals surface area contributed by atoms with E-state index in [4.69, 9.17) is 4.74 Å². The fraction of sp³-hybridized carbons (Fsp3) is 0.909. The Labute approximate surface area is 95.5 Å². The first-order valence-corrected chi connectivity index (χ1v) is 6.25. The zero-order valence-electron chi connectivity index (χ0n) is 9.60. The molecule has 1 atom stereocenters. The molecule has 0 aromatic rings. The van der Waals surface area contributed by atoms with Crippen molar-refractivity contribution in [3.63, 3.8) is 0 Å². The number of ether oxygens (including phenoxy) is 1. The summed E-state index contributed by atoms with van der Waals surface area (Å²) >= 11 is 3.38. The summed E-state index contributed by atoms with van der Waals surface area (Å²) in [6.07, 6.45) is 2.72. The molecule has 0 aliphatic carbocycles. The molecule has 0 heterocycles. The lowest BCUT2D eigenvalue weighted by atomic mass is 10.0. The van der Waals surface area contributed by atoms with Crippen LogP contribution in [0.15, 0.2) is 0 Å².